The summed E-state index contributed by atoms with van der Waals surface area (Å²) >= 11 is 5.80. The van der Waals surface area contributed by atoms with E-state index in [1.807, 2.05) is 30.3 Å². The van der Waals surface area contributed by atoms with Crippen molar-refractivity contribution >= 4 is 17.5 Å². The standard InChI is InChI=1S/C19H16ClNO3/c20-17-5-7-18(8-6-17)24-13-19(22)21-11-14-1-3-15(4-2-14)16-9-10-23-12-16/h1-10,12H,11,13H2,(H,21,22). The van der Waals surface area contributed by atoms with Crippen LogP contribution in [0.3, 0.4) is 0 Å². The maximum Gasteiger partial charge on any atom is 0.258 e. The fourth-order valence-electron chi connectivity index (χ4n) is 2.18. The molecule has 1 N–H and O–H groups in total. The van der Waals surface area contributed by atoms with Gasteiger partial charge in [-0.2, -0.15) is 0 Å². The van der Waals surface area contributed by atoms with Crippen LogP contribution in [-0.4, -0.2) is 12.5 Å². The Labute approximate surface area is 145 Å². The maximum absolute atomic E-state index is 11.8. The molecule has 0 aliphatic carbocycles. The first-order valence-corrected chi connectivity index (χ1v) is 7.85. The molecule has 3 rings (SSSR count). The Kier molecular flexibility index (Phi) is 5.18. The van der Waals surface area contributed by atoms with Crippen molar-refractivity contribution in [3.8, 4) is 16.9 Å². The number of hydrogen-bond donors (Lipinski definition) is 1. The fraction of sp³-hybridized carbons (Fsp3) is 0.105. The van der Waals surface area contributed by atoms with Gasteiger partial charge in [0.25, 0.3) is 5.91 Å². The second-order valence-corrected chi connectivity index (χ2v) is 5.66. The van der Waals surface area contributed by atoms with E-state index in [1.165, 1.54) is 0 Å². The SMILES string of the molecule is O=C(COc1ccc(Cl)cc1)NCc1ccc(-c2ccoc2)cc1. The van der Waals surface area contributed by atoms with Gasteiger partial charge in [0.2, 0.25) is 0 Å². The molecule has 2 aromatic carbocycles. The second-order valence-electron chi connectivity index (χ2n) is 5.23. The molecule has 1 aromatic heterocycles. The van der Waals surface area contributed by atoms with Crippen LogP contribution in [0.5, 0.6) is 5.75 Å². The Morgan fingerprint density at radius 2 is 1.75 bits per heavy atom. The molecular formula is C19H16ClNO3. The lowest BCUT2D eigenvalue weighted by molar-refractivity contribution is -0.123. The zero-order valence-electron chi connectivity index (χ0n) is 12.9. The summed E-state index contributed by atoms with van der Waals surface area (Å²) in [6, 6.07) is 16.7. The van der Waals surface area contributed by atoms with Crippen LogP contribution >= 0.6 is 11.6 Å². The van der Waals surface area contributed by atoms with E-state index in [4.69, 9.17) is 20.8 Å². The van der Waals surface area contributed by atoms with Crippen LogP contribution in [0.25, 0.3) is 11.1 Å². The summed E-state index contributed by atoms with van der Waals surface area (Å²) in [4.78, 5) is 11.8. The molecule has 3 aromatic rings. The average Bonchev–Trinajstić information content (AvgIpc) is 3.14. The number of furan rings is 1. The average molecular weight is 342 g/mol. The number of carbonyl (C=O) groups excluding carboxylic acids is 1. The highest BCUT2D eigenvalue weighted by Gasteiger charge is 2.04. The lowest BCUT2D eigenvalue weighted by atomic mass is 10.1. The van der Waals surface area contributed by atoms with E-state index in [2.05, 4.69) is 5.32 Å². The summed E-state index contributed by atoms with van der Waals surface area (Å²) in [5.41, 5.74) is 3.12. The highest BCUT2D eigenvalue weighted by atomic mass is 35.5. The summed E-state index contributed by atoms with van der Waals surface area (Å²) < 4.78 is 10.5. The molecule has 1 amide bonds. The van der Waals surface area contributed by atoms with Crippen molar-refractivity contribution in [3.63, 3.8) is 0 Å². The summed E-state index contributed by atoms with van der Waals surface area (Å²) in [5.74, 6) is 0.433. The lowest BCUT2D eigenvalue weighted by Gasteiger charge is -2.08. The normalized spacial score (nSPS) is 10.4. The smallest absolute Gasteiger partial charge is 0.258 e. The van der Waals surface area contributed by atoms with E-state index in [9.17, 15) is 4.79 Å². The van der Waals surface area contributed by atoms with Gasteiger partial charge in [0, 0.05) is 17.1 Å². The van der Waals surface area contributed by atoms with Gasteiger partial charge >= 0.3 is 0 Å². The molecule has 0 radical (unpaired) electrons. The van der Waals surface area contributed by atoms with Gasteiger partial charge in [-0.1, -0.05) is 35.9 Å². The molecule has 0 fully saturated rings. The third-order valence-electron chi connectivity index (χ3n) is 3.48. The molecule has 0 aliphatic heterocycles. The molecule has 1 heterocycles. The minimum atomic E-state index is -0.177. The van der Waals surface area contributed by atoms with Crippen molar-refractivity contribution < 1.29 is 13.9 Å². The molecule has 0 unspecified atom stereocenters. The predicted octanol–water partition coefficient (Wildman–Crippen LogP) is 4.30. The molecular weight excluding hydrogens is 326 g/mol. The highest BCUT2D eigenvalue weighted by molar-refractivity contribution is 6.30. The number of hydrogen-bond acceptors (Lipinski definition) is 3. The van der Waals surface area contributed by atoms with Crippen molar-refractivity contribution in [1.29, 1.82) is 0 Å². The van der Waals surface area contributed by atoms with Crippen LogP contribution in [0.15, 0.2) is 71.5 Å². The summed E-state index contributed by atoms with van der Waals surface area (Å²) in [5, 5.41) is 3.46. The number of amides is 1. The Bertz CT molecular complexity index is 780. The molecule has 0 saturated carbocycles. The number of rotatable bonds is 6. The van der Waals surface area contributed by atoms with Crippen molar-refractivity contribution in [2.45, 2.75) is 6.54 Å². The molecule has 4 nitrogen and oxygen atoms in total. The van der Waals surface area contributed by atoms with Gasteiger partial charge in [-0.25, -0.2) is 0 Å². The van der Waals surface area contributed by atoms with Crippen molar-refractivity contribution in [1.82, 2.24) is 5.32 Å². The highest BCUT2D eigenvalue weighted by Crippen LogP contribution is 2.20. The first-order valence-electron chi connectivity index (χ1n) is 7.47. The van der Waals surface area contributed by atoms with Crippen LogP contribution in [0, 0.1) is 0 Å². The fourth-order valence-corrected chi connectivity index (χ4v) is 2.30. The first kappa shape index (κ1) is 16.1. The van der Waals surface area contributed by atoms with E-state index in [0.29, 0.717) is 17.3 Å². The van der Waals surface area contributed by atoms with Gasteiger partial charge in [0.15, 0.2) is 6.61 Å². The summed E-state index contributed by atoms with van der Waals surface area (Å²) in [7, 11) is 0. The minimum Gasteiger partial charge on any atom is -0.484 e. The summed E-state index contributed by atoms with van der Waals surface area (Å²) in [6.07, 6.45) is 3.34. The van der Waals surface area contributed by atoms with Crippen molar-refractivity contribution in [2.75, 3.05) is 6.61 Å². The van der Waals surface area contributed by atoms with E-state index in [-0.39, 0.29) is 12.5 Å². The number of halogens is 1. The number of benzene rings is 2. The zero-order chi connectivity index (χ0) is 16.8. The topological polar surface area (TPSA) is 51.5 Å². The van der Waals surface area contributed by atoms with Gasteiger partial charge < -0.3 is 14.5 Å². The van der Waals surface area contributed by atoms with Gasteiger partial charge in [-0.3, -0.25) is 4.79 Å². The number of ether oxygens (including phenoxy) is 1. The molecule has 0 bridgehead atoms. The van der Waals surface area contributed by atoms with Crippen LogP contribution in [0.2, 0.25) is 5.02 Å². The monoisotopic (exact) mass is 341 g/mol. The third-order valence-corrected chi connectivity index (χ3v) is 3.73. The third kappa shape index (κ3) is 4.40. The van der Waals surface area contributed by atoms with Crippen LogP contribution in [-0.2, 0) is 11.3 Å². The van der Waals surface area contributed by atoms with Crippen LogP contribution in [0.1, 0.15) is 5.56 Å². The van der Waals surface area contributed by atoms with E-state index in [0.717, 1.165) is 16.7 Å². The molecule has 0 atom stereocenters. The quantitative estimate of drug-likeness (QED) is 0.727. The van der Waals surface area contributed by atoms with Gasteiger partial charge in [-0.05, 0) is 41.5 Å². The van der Waals surface area contributed by atoms with E-state index < -0.39 is 0 Å². The molecule has 122 valence electrons. The Hall–Kier alpha value is -2.72. The van der Waals surface area contributed by atoms with Crippen molar-refractivity contribution in [2.24, 2.45) is 0 Å². The zero-order valence-corrected chi connectivity index (χ0v) is 13.6. The Morgan fingerprint density at radius 3 is 2.42 bits per heavy atom. The van der Waals surface area contributed by atoms with Crippen molar-refractivity contribution in [3.05, 3.63) is 77.7 Å². The maximum atomic E-state index is 11.8. The largest absolute Gasteiger partial charge is 0.484 e. The van der Waals surface area contributed by atoms with E-state index in [1.54, 1.807) is 36.8 Å². The number of nitrogens with one attached hydrogen (secondary N) is 1. The Balaban J connectivity index is 1.46. The molecule has 0 spiro atoms. The van der Waals surface area contributed by atoms with Gasteiger partial charge in [0.05, 0.1) is 12.5 Å². The number of carbonyl (C=O) groups is 1. The van der Waals surface area contributed by atoms with Crippen LogP contribution < -0.4 is 10.1 Å². The minimum absolute atomic E-state index is 0.0330. The molecule has 5 heteroatoms. The second kappa shape index (κ2) is 7.70. The van der Waals surface area contributed by atoms with Gasteiger partial charge in [-0.15, -0.1) is 0 Å². The predicted molar refractivity (Wildman–Crippen MR) is 92.9 cm³/mol. The molecule has 24 heavy (non-hydrogen) atoms. The van der Waals surface area contributed by atoms with Gasteiger partial charge in [0.1, 0.15) is 5.75 Å². The molecule has 0 saturated heterocycles. The summed E-state index contributed by atoms with van der Waals surface area (Å²) in [6.45, 7) is 0.420. The van der Waals surface area contributed by atoms with Crippen LogP contribution in [0.4, 0.5) is 0 Å². The Morgan fingerprint density at radius 1 is 1.00 bits per heavy atom. The molecule has 0 aliphatic rings. The lowest BCUT2D eigenvalue weighted by Crippen LogP contribution is -2.28. The first-order chi connectivity index (χ1) is 11.7. The van der Waals surface area contributed by atoms with E-state index >= 15 is 0 Å².